The summed E-state index contributed by atoms with van der Waals surface area (Å²) in [5, 5.41) is 9.19. The molecule has 27 heavy (non-hydrogen) atoms. The van der Waals surface area contributed by atoms with Gasteiger partial charge in [-0.2, -0.15) is 0 Å². The summed E-state index contributed by atoms with van der Waals surface area (Å²) in [7, 11) is 0. The van der Waals surface area contributed by atoms with Gasteiger partial charge in [-0.05, 0) is 42.2 Å². The number of nitrogens with zero attached hydrogens (tertiary/aromatic N) is 3. The summed E-state index contributed by atoms with van der Waals surface area (Å²) in [5.74, 6) is 0.956. The number of para-hydroxylation sites is 2. The molecule has 3 aromatic rings. The van der Waals surface area contributed by atoms with Gasteiger partial charge in [-0.1, -0.05) is 18.2 Å². The van der Waals surface area contributed by atoms with Crippen LogP contribution in [0.3, 0.4) is 0 Å². The number of hydrogen-bond donors (Lipinski definition) is 3. The molecule has 1 unspecified atom stereocenters. The Balaban J connectivity index is 1.46. The van der Waals surface area contributed by atoms with Crippen LogP contribution in [0.25, 0.3) is 11.0 Å². The van der Waals surface area contributed by atoms with Gasteiger partial charge in [-0.15, -0.1) is 11.3 Å². The Labute approximate surface area is 168 Å². The molecule has 0 saturated carbocycles. The first-order valence-corrected chi connectivity index (χ1v) is 10.5. The number of nitrogens with two attached hydrogens (primary N) is 1. The highest BCUT2D eigenvalue weighted by molar-refractivity contribution is 7.80. The quantitative estimate of drug-likeness (QED) is 0.529. The Morgan fingerprint density at radius 2 is 2.19 bits per heavy atom. The maximum absolute atomic E-state index is 5.49. The minimum atomic E-state index is 0.367. The van der Waals surface area contributed by atoms with Crippen molar-refractivity contribution in [2.75, 3.05) is 31.5 Å². The third-order valence-corrected chi connectivity index (χ3v) is 5.89. The molecule has 8 heteroatoms. The van der Waals surface area contributed by atoms with Gasteiger partial charge in [0.1, 0.15) is 0 Å². The van der Waals surface area contributed by atoms with E-state index in [4.69, 9.17) is 22.9 Å². The molecule has 0 radical (unpaired) electrons. The maximum Gasteiger partial charge on any atom is 0.204 e. The van der Waals surface area contributed by atoms with E-state index in [1.807, 2.05) is 6.07 Å². The minimum Gasteiger partial charge on any atom is -0.376 e. The molecule has 0 bridgehead atoms. The number of hydrogen-bond acceptors (Lipinski definition) is 5. The van der Waals surface area contributed by atoms with E-state index in [9.17, 15) is 0 Å². The fourth-order valence-electron chi connectivity index (χ4n) is 3.58. The van der Waals surface area contributed by atoms with Crippen LogP contribution in [-0.2, 0) is 6.54 Å². The molecule has 1 fully saturated rings. The first kappa shape index (κ1) is 18.2. The molecule has 6 nitrogen and oxygen atoms in total. The van der Waals surface area contributed by atoms with Crippen molar-refractivity contribution in [3.63, 3.8) is 0 Å². The topological polar surface area (TPSA) is 71.1 Å². The summed E-state index contributed by atoms with van der Waals surface area (Å²) >= 11 is 6.64. The van der Waals surface area contributed by atoms with E-state index >= 15 is 0 Å². The highest BCUT2D eigenvalue weighted by Crippen LogP contribution is 2.24. The zero-order valence-electron chi connectivity index (χ0n) is 15.1. The van der Waals surface area contributed by atoms with E-state index in [0.717, 1.165) is 50.6 Å². The predicted octanol–water partition coefficient (Wildman–Crippen LogP) is 2.47. The van der Waals surface area contributed by atoms with Crippen LogP contribution in [0.5, 0.6) is 0 Å². The monoisotopic (exact) mass is 400 g/mol. The molecular weight excluding hydrogens is 376 g/mol. The molecule has 1 aliphatic heterocycles. The van der Waals surface area contributed by atoms with Crippen molar-refractivity contribution in [1.29, 1.82) is 0 Å². The lowest BCUT2D eigenvalue weighted by atomic mass is 10.3. The summed E-state index contributed by atoms with van der Waals surface area (Å²) in [6, 6.07) is 13.0. The van der Waals surface area contributed by atoms with Crippen LogP contribution in [0.4, 0.5) is 5.95 Å². The van der Waals surface area contributed by atoms with Crippen molar-refractivity contribution in [1.82, 2.24) is 19.8 Å². The van der Waals surface area contributed by atoms with Gasteiger partial charge < -0.3 is 20.9 Å². The highest BCUT2D eigenvalue weighted by atomic mass is 32.1. The average Bonchev–Trinajstić information content (AvgIpc) is 3.37. The zero-order valence-corrected chi connectivity index (χ0v) is 16.7. The standard InChI is InChI=1S/C19H24N6S2/c20-18(26)21-8-10-24-9-7-14(12-24)22-19-23-16-5-1-2-6-17(16)25(19)13-15-4-3-11-27-15/h1-6,11,14H,7-10,12-13H2,(H,22,23)(H3,20,21,26). The first-order valence-electron chi connectivity index (χ1n) is 9.19. The Kier molecular flexibility index (Phi) is 5.56. The number of likely N-dealkylation sites (tertiary alicyclic amines) is 1. The second kappa shape index (κ2) is 8.24. The van der Waals surface area contributed by atoms with Gasteiger partial charge in [-0.3, -0.25) is 4.90 Å². The van der Waals surface area contributed by atoms with E-state index in [-0.39, 0.29) is 0 Å². The lowest BCUT2D eigenvalue weighted by Gasteiger charge is -2.18. The minimum absolute atomic E-state index is 0.367. The molecule has 142 valence electrons. The van der Waals surface area contributed by atoms with Crippen LogP contribution in [-0.4, -0.2) is 51.8 Å². The second-order valence-electron chi connectivity index (χ2n) is 6.81. The number of rotatable bonds is 7. The molecule has 3 heterocycles. The summed E-state index contributed by atoms with van der Waals surface area (Å²) in [5.41, 5.74) is 7.70. The molecular formula is C19H24N6S2. The smallest absolute Gasteiger partial charge is 0.204 e. The summed E-state index contributed by atoms with van der Waals surface area (Å²) in [6.07, 6.45) is 1.11. The zero-order chi connectivity index (χ0) is 18.6. The van der Waals surface area contributed by atoms with Crippen LogP contribution < -0.4 is 16.4 Å². The van der Waals surface area contributed by atoms with Crippen molar-refractivity contribution in [3.05, 3.63) is 46.7 Å². The number of benzene rings is 1. The number of nitrogens with one attached hydrogen (secondary N) is 2. The van der Waals surface area contributed by atoms with Gasteiger partial charge in [-0.25, -0.2) is 4.98 Å². The van der Waals surface area contributed by atoms with Crippen LogP contribution in [0.1, 0.15) is 11.3 Å². The highest BCUT2D eigenvalue weighted by Gasteiger charge is 2.24. The predicted molar refractivity (Wildman–Crippen MR) is 116 cm³/mol. The number of fused-ring (bicyclic) bond motifs is 1. The van der Waals surface area contributed by atoms with Crippen LogP contribution in [0.2, 0.25) is 0 Å². The molecule has 0 amide bonds. The molecule has 2 aromatic heterocycles. The third-order valence-electron chi connectivity index (χ3n) is 4.88. The van der Waals surface area contributed by atoms with E-state index in [1.165, 1.54) is 10.4 Å². The Morgan fingerprint density at radius 1 is 1.30 bits per heavy atom. The molecule has 4 rings (SSSR count). The van der Waals surface area contributed by atoms with Crippen molar-refractivity contribution < 1.29 is 0 Å². The van der Waals surface area contributed by atoms with Crippen molar-refractivity contribution in [2.45, 2.75) is 19.0 Å². The number of imidazole rings is 1. The van der Waals surface area contributed by atoms with Crippen molar-refractivity contribution in [3.8, 4) is 0 Å². The van der Waals surface area contributed by atoms with Crippen LogP contribution in [0, 0.1) is 0 Å². The Morgan fingerprint density at radius 3 is 3.00 bits per heavy atom. The number of aromatic nitrogens is 2. The fraction of sp³-hybridized carbons (Fsp3) is 0.368. The van der Waals surface area contributed by atoms with Crippen LogP contribution in [0.15, 0.2) is 41.8 Å². The lowest BCUT2D eigenvalue weighted by molar-refractivity contribution is 0.341. The normalized spacial score (nSPS) is 17.4. The molecule has 1 aliphatic rings. The molecule has 1 aromatic carbocycles. The lowest BCUT2D eigenvalue weighted by Crippen LogP contribution is -2.37. The Bertz CT molecular complexity index is 904. The number of anilines is 1. The van der Waals surface area contributed by atoms with E-state index < -0.39 is 0 Å². The first-order chi connectivity index (χ1) is 13.2. The molecule has 4 N–H and O–H groups in total. The van der Waals surface area contributed by atoms with Gasteiger partial charge in [0.2, 0.25) is 5.95 Å². The summed E-state index contributed by atoms with van der Waals surface area (Å²) in [6.45, 7) is 4.65. The molecule has 1 saturated heterocycles. The van der Waals surface area contributed by atoms with Gasteiger partial charge >= 0.3 is 0 Å². The van der Waals surface area contributed by atoms with Gasteiger partial charge in [0.05, 0.1) is 17.6 Å². The number of thiophene rings is 1. The summed E-state index contributed by atoms with van der Waals surface area (Å²) in [4.78, 5) is 8.62. The van der Waals surface area contributed by atoms with Crippen LogP contribution >= 0.6 is 23.6 Å². The SMILES string of the molecule is NC(=S)NCCN1CCC(Nc2nc3ccccc3n2Cc2cccs2)C1. The van der Waals surface area contributed by atoms with Crippen molar-refractivity contribution in [2.24, 2.45) is 5.73 Å². The van der Waals surface area contributed by atoms with Gasteiger partial charge in [0.25, 0.3) is 0 Å². The Hall–Kier alpha value is -2.16. The molecule has 1 atom stereocenters. The van der Waals surface area contributed by atoms with E-state index in [0.29, 0.717) is 11.2 Å². The van der Waals surface area contributed by atoms with Crippen molar-refractivity contribution >= 4 is 45.6 Å². The van der Waals surface area contributed by atoms with Gasteiger partial charge in [0.15, 0.2) is 5.11 Å². The average molecular weight is 401 g/mol. The van der Waals surface area contributed by atoms with Gasteiger partial charge in [0, 0.05) is 37.1 Å². The van der Waals surface area contributed by atoms with E-state index in [1.54, 1.807) is 11.3 Å². The third kappa shape index (κ3) is 4.40. The second-order valence-corrected chi connectivity index (χ2v) is 8.28. The molecule has 0 spiro atoms. The summed E-state index contributed by atoms with van der Waals surface area (Å²) < 4.78 is 2.29. The maximum atomic E-state index is 5.49. The fourth-order valence-corrected chi connectivity index (χ4v) is 4.37. The largest absolute Gasteiger partial charge is 0.376 e. The number of thiocarbonyl (C=S) groups is 1. The molecule has 0 aliphatic carbocycles. The van der Waals surface area contributed by atoms with E-state index in [2.05, 4.69) is 55.8 Å².